The number of hydrogen-bond donors (Lipinski definition) is 1. The Morgan fingerprint density at radius 3 is 2.50 bits per heavy atom. The number of carbonyl (C=O) groups is 1. The van der Waals surface area contributed by atoms with Crippen molar-refractivity contribution < 1.29 is 18.8 Å². The summed E-state index contributed by atoms with van der Waals surface area (Å²) in [6.45, 7) is 4.63. The van der Waals surface area contributed by atoms with Crippen LogP contribution < -0.4 is 5.76 Å². The first-order valence-electron chi connectivity index (χ1n) is 9.89. The second-order valence-electron chi connectivity index (χ2n) is 7.41. The van der Waals surface area contributed by atoms with Crippen LogP contribution >= 0.6 is 0 Å². The molecule has 9 nitrogen and oxygen atoms in total. The molecule has 0 radical (unpaired) electrons. The summed E-state index contributed by atoms with van der Waals surface area (Å²) in [7, 11) is 0. The molecular formula is C21H24N4O5. The van der Waals surface area contributed by atoms with Crippen molar-refractivity contribution >= 4 is 5.91 Å². The fourth-order valence-electron chi connectivity index (χ4n) is 3.63. The molecule has 0 saturated carbocycles. The molecule has 30 heavy (non-hydrogen) atoms. The van der Waals surface area contributed by atoms with Crippen molar-refractivity contribution in [2.45, 2.75) is 19.6 Å². The van der Waals surface area contributed by atoms with Crippen molar-refractivity contribution in [3.63, 3.8) is 0 Å². The van der Waals surface area contributed by atoms with E-state index in [9.17, 15) is 14.7 Å². The molecule has 158 valence electrons. The summed E-state index contributed by atoms with van der Waals surface area (Å²) in [4.78, 5) is 28.3. The minimum atomic E-state index is -0.778. The van der Waals surface area contributed by atoms with Gasteiger partial charge in [-0.2, -0.15) is 0 Å². The zero-order valence-corrected chi connectivity index (χ0v) is 16.7. The number of aromatic nitrogens is 2. The van der Waals surface area contributed by atoms with Crippen LogP contribution in [0.15, 0.2) is 56.2 Å². The van der Waals surface area contributed by atoms with Gasteiger partial charge in [0.15, 0.2) is 11.6 Å². The van der Waals surface area contributed by atoms with E-state index in [1.165, 1.54) is 4.57 Å². The number of amides is 1. The predicted octanol–water partition coefficient (Wildman–Crippen LogP) is 1.22. The van der Waals surface area contributed by atoms with Crippen LogP contribution in [0.3, 0.4) is 0 Å². The van der Waals surface area contributed by atoms with Gasteiger partial charge >= 0.3 is 5.76 Å². The second-order valence-corrected chi connectivity index (χ2v) is 7.41. The zero-order chi connectivity index (χ0) is 21.1. The third kappa shape index (κ3) is 4.37. The Morgan fingerprint density at radius 1 is 1.10 bits per heavy atom. The highest BCUT2D eigenvalue weighted by Crippen LogP contribution is 2.16. The summed E-state index contributed by atoms with van der Waals surface area (Å²) >= 11 is 0. The number of β-amino-alcohol motifs (C(OH)–C–C–N with tert-alkyl or cyclic N) is 1. The van der Waals surface area contributed by atoms with Gasteiger partial charge in [-0.15, -0.1) is 0 Å². The van der Waals surface area contributed by atoms with Crippen LogP contribution in [0.25, 0.3) is 11.4 Å². The monoisotopic (exact) mass is 412 g/mol. The molecule has 1 aliphatic heterocycles. The Morgan fingerprint density at radius 2 is 1.83 bits per heavy atom. The smallest absolute Gasteiger partial charge is 0.441 e. The summed E-state index contributed by atoms with van der Waals surface area (Å²) in [5.41, 5.74) is 0.746. The van der Waals surface area contributed by atoms with Crippen molar-refractivity contribution in [2.75, 3.05) is 32.7 Å². The van der Waals surface area contributed by atoms with Crippen molar-refractivity contribution in [3.8, 4) is 11.4 Å². The van der Waals surface area contributed by atoms with Gasteiger partial charge in [0.2, 0.25) is 0 Å². The Kier molecular flexibility index (Phi) is 5.82. The van der Waals surface area contributed by atoms with E-state index in [-0.39, 0.29) is 12.5 Å². The zero-order valence-electron chi connectivity index (χ0n) is 16.7. The van der Waals surface area contributed by atoms with E-state index in [1.54, 1.807) is 24.0 Å². The minimum Gasteiger partial charge on any atom is -0.456 e. The van der Waals surface area contributed by atoms with E-state index in [1.807, 2.05) is 30.3 Å². The second kappa shape index (κ2) is 8.68. The largest absolute Gasteiger partial charge is 0.456 e. The van der Waals surface area contributed by atoms with Gasteiger partial charge in [-0.25, -0.2) is 4.79 Å². The molecule has 1 aliphatic rings. The number of nitrogens with zero attached hydrogens (tertiary/aromatic N) is 4. The number of rotatable bonds is 6. The third-order valence-electron chi connectivity index (χ3n) is 5.19. The molecule has 1 amide bonds. The molecule has 3 heterocycles. The van der Waals surface area contributed by atoms with Gasteiger partial charge in [0.05, 0.1) is 12.6 Å². The molecule has 1 N–H and O–H groups in total. The van der Waals surface area contributed by atoms with Crippen LogP contribution in [-0.2, 0) is 6.54 Å². The molecule has 1 aromatic carbocycles. The number of benzene rings is 1. The van der Waals surface area contributed by atoms with Gasteiger partial charge in [0.25, 0.3) is 5.91 Å². The third-order valence-corrected chi connectivity index (χ3v) is 5.19. The molecule has 0 bridgehead atoms. The topological polar surface area (TPSA) is 105 Å². The lowest BCUT2D eigenvalue weighted by atomic mass is 10.2. The summed E-state index contributed by atoms with van der Waals surface area (Å²) in [6, 6.07) is 12.7. The maximum atomic E-state index is 12.5. The molecule has 0 aliphatic carbocycles. The molecular weight excluding hydrogens is 388 g/mol. The number of furan rings is 1. The molecule has 1 atom stereocenters. The first kappa shape index (κ1) is 20.1. The molecule has 1 fully saturated rings. The van der Waals surface area contributed by atoms with Crippen molar-refractivity contribution in [1.82, 2.24) is 19.5 Å². The van der Waals surface area contributed by atoms with Crippen molar-refractivity contribution in [3.05, 3.63) is 64.5 Å². The summed E-state index contributed by atoms with van der Waals surface area (Å²) in [5, 5.41) is 14.4. The molecule has 2 aromatic heterocycles. The first-order valence-corrected chi connectivity index (χ1v) is 9.89. The quantitative estimate of drug-likeness (QED) is 0.649. The highest BCUT2D eigenvalue weighted by Gasteiger charge is 2.25. The normalized spacial score (nSPS) is 16.0. The molecule has 3 aromatic rings. The number of piperazine rings is 1. The summed E-state index contributed by atoms with van der Waals surface area (Å²) in [5.74, 6) is 0.730. The lowest BCUT2D eigenvalue weighted by Crippen LogP contribution is -2.50. The van der Waals surface area contributed by atoms with Gasteiger partial charge in [0, 0.05) is 38.3 Å². The molecule has 4 rings (SSSR count). The number of aliphatic hydroxyl groups excluding tert-OH is 1. The number of carbonyl (C=O) groups excluding carboxylic acids is 1. The van der Waals surface area contributed by atoms with E-state index < -0.39 is 11.9 Å². The lowest BCUT2D eigenvalue weighted by molar-refractivity contribution is 0.0473. The standard InChI is InChI=1S/C21H24N4O5/c1-15-7-8-18(29-15)20(27)24-11-9-23(10-12-24)13-17(26)14-25-19(22-30-21(25)28)16-5-3-2-4-6-16/h2-8,17,26H,9-14H2,1H3. The fraction of sp³-hybridized carbons (Fsp3) is 0.381. The van der Waals surface area contributed by atoms with E-state index in [0.717, 1.165) is 5.56 Å². The average molecular weight is 412 g/mol. The highest BCUT2D eigenvalue weighted by molar-refractivity contribution is 5.91. The molecule has 1 saturated heterocycles. The maximum absolute atomic E-state index is 12.5. The number of hydrogen-bond acceptors (Lipinski definition) is 7. The molecule has 0 spiro atoms. The Hall–Kier alpha value is -3.17. The minimum absolute atomic E-state index is 0.0807. The van der Waals surface area contributed by atoms with E-state index in [0.29, 0.717) is 50.1 Å². The highest BCUT2D eigenvalue weighted by atomic mass is 16.5. The fourth-order valence-corrected chi connectivity index (χ4v) is 3.63. The van der Waals surface area contributed by atoms with Gasteiger partial charge < -0.3 is 14.4 Å². The Bertz CT molecular complexity index is 1050. The maximum Gasteiger partial charge on any atom is 0.441 e. The SMILES string of the molecule is Cc1ccc(C(=O)N2CCN(CC(O)Cn3c(-c4ccccc4)noc3=O)CC2)o1. The van der Waals surface area contributed by atoms with Crippen LogP contribution in [0, 0.1) is 6.92 Å². The molecule has 9 heteroatoms. The molecule has 1 unspecified atom stereocenters. The summed E-state index contributed by atoms with van der Waals surface area (Å²) in [6.07, 6.45) is -0.778. The van der Waals surface area contributed by atoms with Crippen LogP contribution in [0.1, 0.15) is 16.3 Å². The number of aliphatic hydroxyl groups is 1. The van der Waals surface area contributed by atoms with Crippen molar-refractivity contribution in [2.24, 2.45) is 0 Å². The van der Waals surface area contributed by atoms with Gasteiger partial charge in [-0.05, 0) is 19.1 Å². The van der Waals surface area contributed by atoms with E-state index >= 15 is 0 Å². The van der Waals surface area contributed by atoms with Gasteiger partial charge in [0.1, 0.15) is 5.76 Å². The predicted molar refractivity (Wildman–Crippen MR) is 108 cm³/mol. The Labute approximate surface area is 173 Å². The first-order chi connectivity index (χ1) is 14.5. The van der Waals surface area contributed by atoms with Gasteiger partial charge in [-0.1, -0.05) is 35.5 Å². The van der Waals surface area contributed by atoms with E-state index in [4.69, 9.17) is 8.94 Å². The van der Waals surface area contributed by atoms with Crippen LogP contribution in [0.4, 0.5) is 0 Å². The van der Waals surface area contributed by atoms with Crippen molar-refractivity contribution in [1.29, 1.82) is 0 Å². The van der Waals surface area contributed by atoms with Crippen LogP contribution in [0.5, 0.6) is 0 Å². The summed E-state index contributed by atoms with van der Waals surface area (Å²) < 4.78 is 11.6. The van der Waals surface area contributed by atoms with Gasteiger partial charge in [-0.3, -0.25) is 18.8 Å². The van der Waals surface area contributed by atoms with Crippen LogP contribution in [-0.4, -0.2) is 69.4 Å². The van der Waals surface area contributed by atoms with Crippen LogP contribution in [0.2, 0.25) is 0 Å². The average Bonchev–Trinajstić information content (AvgIpc) is 3.35. The number of aryl methyl sites for hydroxylation is 1. The lowest BCUT2D eigenvalue weighted by Gasteiger charge is -2.35. The Balaban J connectivity index is 1.33. The van der Waals surface area contributed by atoms with E-state index in [2.05, 4.69) is 10.1 Å².